The quantitative estimate of drug-likeness (QED) is 0.0558. The number of hydrogen-bond donors (Lipinski definition) is 0. The molecule has 0 saturated carbocycles. The van der Waals surface area contributed by atoms with Gasteiger partial charge in [-0.05, 0) is 12.8 Å². The predicted molar refractivity (Wildman–Crippen MR) is 176 cm³/mol. The minimum Gasteiger partial charge on any atom is -0.316 e. The standard InChI is InChI=1S/C35H73O3P/c1-4-6-8-10-12-14-16-18-20-22-24-26-28-30-32-34-37-39(36-3)38-35-33-31-29-27-25-23-21-19-17-15-13-11-9-7-5-2/h4-35H2,1-3H3. The van der Waals surface area contributed by atoms with Gasteiger partial charge in [-0.15, -0.1) is 0 Å². The van der Waals surface area contributed by atoms with Crippen LogP contribution in [-0.4, -0.2) is 20.3 Å². The highest BCUT2D eigenvalue weighted by atomic mass is 31.2. The van der Waals surface area contributed by atoms with Crippen molar-refractivity contribution in [1.82, 2.24) is 0 Å². The van der Waals surface area contributed by atoms with Gasteiger partial charge in [0.25, 0.3) is 0 Å². The average Bonchev–Trinajstić information content (AvgIpc) is 2.95. The summed E-state index contributed by atoms with van der Waals surface area (Å²) < 4.78 is 17.1. The third kappa shape index (κ3) is 34.4. The van der Waals surface area contributed by atoms with Crippen LogP contribution in [0.5, 0.6) is 0 Å². The maximum Gasteiger partial charge on any atom is 0.332 e. The Kier molecular flexibility index (Phi) is 36.6. The van der Waals surface area contributed by atoms with E-state index in [0.717, 1.165) is 26.1 Å². The molecule has 0 aromatic rings. The molecule has 0 aromatic carbocycles. The lowest BCUT2D eigenvalue weighted by atomic mass is 10.0. The summed E-state index contributed by atoms with van der Waals surface area (Å²) >= 11 is 0. The van der Waals surface area contributed by atoms with Gasteiger partial charge < -0.3 is 13.6 Å². The summed E-state index contributed by atoms with van der Waals surface area (Å²) in [6.45, 7) is 6.14. The first-order chi connectivity index (χ1) is 19.3. The third-order valence-electron chi connectivity index (χ3n) is 8.04. The van der Waals surface area contributed by atoms with Crippen molar-refractivity contribution in [3.05, 3.63) is 0 Å². The first-order valence-electron chi connectivity index (χ1n) is 17.9. The zero-order valence-electron chi connectivity index (χ0n) is 27.3. The fraction of sp³-hybridized carbons (Fsp3) is 1.00. The molecule has 0 heterocycles. The van der Waals surface area contributed by atoms with Crippen LogP contribution in [0.4, 0.5) is 0 Å². The molecule has 0 unspecified atom stereocenters. The van der Waals surface area contributed by atoms with Crippen LogP contribution in [0.25, 0.3) is 0 Å². The van der Waals surface area contributed by atoms with Gasteiger partial charge in [0.15, 0.2) is 0 Å². The smallest absolute Gasteiger partial charge is 0.316 e. The molecule has 3 nitrogen and oxygen atoms in total. The normalized spacial score (nSPS) is 11.7. The maximum atomic E-state index is 5.85. The Morgan fingerprint density at radius 2 is 0.513 bits per heavy atom. The molecule has 236 valence electrons. The first-order valence-corrected chi connectivity index (χ1v) is 19.0. The van der Waals surface area contributed by atoms with Crippen LogP contribution >= 0.6 is 8.60 Å². The Bertz CT molecular complexity index is 385. The van der Waals surface area contributed by atoms with Gasteiger partial charge in [-0.25, -0.2) is 0 Å². The van der Waals surface area contributed by atoms with Gasteiger partial charge in [-0.2, -0.15) is 0 Å². The first kappa shape index (κ1) is 39.3. The summed E-state index contributed by atoms with van der Waals surface area (Å²) in [5, 5.41) is 0. The van der Waals surface area contributed by atoms with Crippen molar-refractivity contribution < 1.29 is 13.6 Å². The molecule has 0 radical (unpaired) electrons. The van der Waals surface area contributed by atoms with E-state index in [1.54, 1.807) is 7.11 Å². The number of hydrogen-bond acceptors (Lipinski definition) is 3. The summed E-state index contributed by atoms with van der Waals surface area (Å²) in [6, 6.07) is 0. The van der Waals surface area contributed by atoms with E-state index in [1.807, 2.05) is 0 Å². The molecule has 0 aliphatic heterocycles. The highest BCUT2D eigenvalue weighted by Gasteiger charge is 2.09. The van der Waals surface area contributed by atoms with Crippen molar-refractivity contribution in [2.75, 3.05) is 20.3 Å². The van der Waals surface area contributed by atoms with Crippen LogP contribution in [-0.2, 0) is 13.6 Å². The number of rotatable bonds is 35. The van der Waals surface area contributed by atoms with Crippen molar-refractivity contribution in [3.8, 4) is 0 Å². The molecule has 0 bridgehead atoms. The molecule has 0 atom stereocenters. The van der Waals surface area contributed by atoms with Crippen LogP contribution in [0.3, 0.4) is 0 Å². The molecule has 0 fully saturated rings. The molecule has 0 rings (SSSR count). The Morgan fingerprint density at radius 3 is 0.718 bits per heavy atom. The van der Waals surface area contributed by atoms with E-state index in [-0.39, 0.29) is 0 Å². The van der Waals surface area contributed by atoms with Gasteiger partial charge in [-0.3, -0.25) is 0 Å². The summed E-state index contributed by atoms with van der Waals surface area (Å²) in [5.41, 5.74) is 0. The Morgan fingerprint density at radius 1 is 0.308 bits per heavy atom. The van der Waals surface area contributed by atoms with Crippen LogP contribution < -0.4 is 0 Å². The number of unbranched alkanes of at least 4 members (excludes halogenated alkanes) is 28. The fourth-order valence-electron chi connectivity index (χ4n) is 5.37. The molecular formula is C35H73O3P. The lowest BCUT2D eigenvalue weighted by Crippen LogP contribution is -1.97. The largest absolute Gasteiger partial charge is 0.332 e. The summed E-state index contributed by atoms with van der Waals surface area (Å²) in [5.74, 6) is 0. The van der Waals surface area contributed by atoms with E-state index in [9.17, 15) is 0 Å². The van der Waals surface area contributed by atoms with Crippen LogP contribution in [0, 0.1) is 0 Å². The molecule has 39 heavy (non-hydrogen) atoms. The van der Waals surface area contributed by atoms with Gasteiger partial charge in [-0.1, -0.05) is 194 Å². The summed E-state index contributed by atoms with van der Waals surface area (Å²) in [4.78, 5) is 0. The molecule has 0 aromatic heterocycles. The van der Waals surface area contributed by atoms with Crippen molar-refractivity contribution in [3.63, 3.8) is 0 Å². The van der Waals surface area contributed by atoms with Gasteiger partial charge in [0.1, 0.15) is 0 Å². The van der Waals surface area contributed by atoms with Crippen LogP contribution in [0.2, 0.25) is 0 Å². The molecular weight excluding hydrogens is 499 g/mol. The molecule has 0 aliphatic carbocycles. The summed E-state index contributed by atoms with van der Waals surface area (Å²) in [7, 11) is 0.569. The van der Waals surface area contributed by atoms with Gasteiger partial charge >= 0.3 is 8.60 Å². The SMILES string of the molecule is CCCCCCCCCCCCCCCCCOP(OC)OCCCCCCCCCCCCCCCCC. The topological polar surface area (TPSA) is 27.7 Å². The minimum atomic E-state index is -1.14. The Balaban J connectivity index is 3.25. The average molecular weight is 573 g/mol. The van der Waals surface area contributed by atoms with Crippen LogP contribution in [0.15, 0.2) is 0 Å². The Hall–Kier alpha value is 0.310. The fourth-order valence-corrected chi connectivity index (χ4v) is 6.21. The highest BCUT2D eigenvalue weighted by Crippen LogP contribution is 2.38. The van der Waals surface area contributed by atoms with Gasteiger partial charge in [0.05, 0.1) is 13.2 Å². The maximum absolute atomic E-state index is 5.85. The second-order valence-electron chi connectivity index (χ2n) is 12.0. The molecule has 0 amide bonds. The van der Waals surface area contributed by atoms with Crippen molar-refractivity contribution in [2.45, 2.75) is 206 Å². The van der Waals surface area contributed by atoms with Crippen molar-refractivity contribution in [1.29, 1.82) is 0 Å². The monoisotopic (exact) mass is 573 g/mol. The molecule has 0 spiro atoms. The molecule has 0 saturated heterocycles. The lowest BCUT2D eigenvalue weighted by Gasteiger charge is -2.14. The minimum absolute atomic E-state index is 0.774. The Labute approximate surface area is 248 Å². The van der Waals surface area contributed by atoms with E-state index in [4.69, 9.17) is 13.6 Å². The van der Waals surface area contributed by atoms with Crippen molar-refractivity contribution >= 4 is 8.60 Å². The second-order valence-corrected chi connectivity index (χ2v) is 13.3. The summed E-state index contributed by atoms with van der Waals surface area (Å²) in [6.07, 6.45) is 41.7. The molecule has 4 heteroatoms. The van der Waals surface area contributed by atoms with Gasteiger partial charge in [0, 0.05) is 7.11 Å². The second kappa shape index (κ2) is 36.3. The van der Waals surface area contributed by atoms with E-state index in [1.165, 1.54) is 180 Å². The van der Waals surface area contributed by atoms with E-state index >= 15 is 0 Å². The molecule has 0 N–H and O–H groups in total. The lowest BCUT2D eigenvalue weighted by molar-refractivity contribution is 0.175. The van der Waals surface area contributed by atoms with E-state index < -0.39 is 8.60 Å². The van der Waals surface area contributed by atoms with E-state index in [2.05, 4.69) is 13.8 Å². The van der Waals surface area contributed by atoms with Gasteiger partial charge in [0.2, 0.25) is 0 Å². The van der Waals surface area contributed by atoms with Crippen LogP contribution in [0.1, 0.15) is 206 Å². The predicted octanol–water partition coefficient (Wildman–Crippen LogP) is 13.6. The zero-order chi connectivity index (χ0) is 28.3. The zero-order valence-corrected chi connectivity index (χ0v) is 28.2. The van der Waals surface area contributed by atoms with E-state index in [0.29, 0.717) is 0 Å². The van der Waals surface area contributed by atoms with Crippen molar-refractivity contribution in [2.24, 2.45) is 0 Å². The highest BCUT2D eigenvalue weighted by molar-refractivity contribution is 7.41. The molecule has 0 aliphatic rings. The third-order valence-corrected chi connectivity index (χ3v) is 9.12.